The van der Waals surface area contributed by atoms with Gasteiger partial charge < -0.3 is 14.4 Å². The van der Waals surface area contributed by atoms with Crippen molar-refractivity contribution in [3.63, 3.8) is 0 Å². The number of fused-ring (bicyclic) bond motifs is 1. The highest BCUT2D eigenvalue weighted by molar-refractivity contribution is 5.95. The highest BCUT2D eigenvalue weighted by Gasteiger charge is 2.39. The number of rotatable bonds is 3. The summed E-state index contributed by atoms with van der Waals surface area (Å²) in [5.41, 5.74) is 0.736. The van der Waals surface area contributed by atoms with Crippen molar-refractivity contribution in [2.24, 2.45) is 5.92 Å². The number of hydrogen-bond donors (Lipinski definition) is 0. The van der Waals surface area contributed by atoms with Crippen LogP contribution in [-0.2, 0) is 0 Å². The zero-order valence-electron chi connectivity index (χ0n) is 13.8. The van der Waals surface area contributed by atoms with Gasteiger partial charge in [0.2, 0.25) is 0 Å². The van der Waals surface area contributed by atoms with Crippen LogP contribution in [0.15, 0.2) is 18.2 Å². The molecule has 1 amide bonds. The molecular weight excluding hydrogens is 290 g/mol. The zero-order valence-corrected chi connectivity index (χ0v) is 13.8. The Morgan fingerprint density at radius 3 is 2.22 bits per heavy atom. The van der Waals surface area contributed by atoms with Crippen LogP contribution in [0.2, 0.25) is 0 Å². The third-order valence-electron chi connectivity index (χ3n) is 5.34. The van der Waals surface area contributed by atoms with Crippen molar-refractivity contribution in [1.82, 2.24) is 4.90 Å². The van der Waals surface area contributed by atoms with Crippen LogP contribution < -0.4 is 9.47 Å². The lowest BCUT2D eigenvalue weighted by atomic mass is 9.86. The highest BCUT2D eigenvalue weighted by Crippen LogP contribution is 2.37. The fourth-order valence-electron chi connectivity index (χ4n) is 3.83. The lowest BCUT2D eigenvalue weighted by Crippen LogP contribution is -2.43. The smallest absolute Gasteiger partial charge is 0.254 e. The third-order valence-corrected chi connectivity index (χ3v) is 5.34. The molecule has 0 saturated heterocycles. The Labute approximate surface area is 137 Å². The molecule has 0 bridgehead atoms. The SMILES string of the molecule is CC1CCC(N(C(=O)c2ccc3c(c2)OCCO3)C2CC2)CC1. The van der Waals surface area contributed by atoms with Gasteiger partial charge >= 0.3 is 0 Å². The van der Waals surface area contributed by atoms with Gasteiger partial charge in [-0.05, 0) is 62.6 Å². The second kappa shape index (κ2) is 6.06. The second-order valence-corrected chi connectivity index (χ2v) is 7.22. The number of amides is 1. The monoisotopic (exact) mass is 315 g/mol. The normalized spacial score (nSPS) is 26.7. The molecule has 1 heterocycles. The van der Waals surface area contributed by atoms with Crippen LogP contribution in [0.3, 0.4) is 0 Å². The minimum absolute atomic E-state index is 0.170. The van der Waals surface area contributed by atoms with Gasteiger partial charge in [0, 0.05) is 17.6 Å². The van der Waals surface area contributed by atoms with E-state index in [0.29, 0.717) is 31.0 Å². The zero-order chi connectivity index (χ0) is 15.8. The molecule has 4 heteroatoms. The first-order chi connectivity index (χ1) is 11.2. The van der Waals surface area contributed by atoms with E-state index in [9.17, 15) is 4.79 Å². The van der Waals surface area contributed by atoms with Gasteiger partial charge in [-0.1, -0.05) is 6.92 Å². The molecule has 0 aromatic heterocycles. The summed E-state index contributed by atoms with van der Waals surface area (Å²) in [6.07, 6.45) is 7.08. The van der Waals surface area contributed by atoms with Crippen LogP contribution in [0.25, 0.3) is 0 Å². The molecule has 23 heavy (non-hydrogen) atoms. The average molecular weight is 315 g/mol. The predicted octanol–water partition coefficient (Wildman–Crippen LogP) is 3.64. The summed E-state index contributed by atoms with van der Waals surface area (Å²) in [7, 11) is 0. The number of ether oxygens (including phenoxy) is 2. The van der Waals surface area contributed by atoms with Crippen LogP contribution in [0.5, 0.6) is 11.5 Å². The van der Waals surface area contributed by atoms with Crippen molar-refractivity contribution in [1.29, 1.82) is 0 Å². The molecule has 2 saturated carbocycles. The van der Waals surface area contributed by atoms with E-state index in [1.54, 1.807) is 0 Å². The summed E-state index contributed by atoms with van der Waals surface area (Å²) in [5.74, 6) is 2.42. The molecule has 0 atom stereocenters. The van der Waals surface area contributed by atoms with Crippen LogP contribution >= 0.6 is 0 Å². The average Bonchev–Trinajstić information content (AvgIpc) is 3.41. The first kappa shape index (κ1) is 14.9. The summed E-state index contributed by atoms with van der Waals surface area (Å²) in [4.78, 5) is 15.3. The first-order valence-corrected chi connectivity index (χ1v) is 8.94. The lowest BCUT2D eigenvalue weighted by Gasteiger charge is -2.36. The lowest BCUT2D eigenvalue weighted by molar-refractivity contribution is 0.0592. The Bertz CT molecular complexity index is 588. The molecule has 0 radical (unpaired) electrons. The topological polar surface area (TPSA) is 38.8 Å². The largest absolute Gasteiger partial charge is 0.486 e. The maximum atomic E-state index is 13.1. The van der Waals surface area contributed by atoms with Crippen molar-refractivity contribution in [2.75, 3.05) is 13.2 Å². The molecule has 4 rings (SSSR count). The van der Waals surface area contributed by atoms with E-state index in [0.717, 1.165) is 42.9 Å². The number of carbonyl (C=O) groups is 1. The predicted molar refractivity (Wildman–Crippen MR) is 88.0 cm³/mol. The van der Waals surface area contributed by atoms with Gasteiger partial charge in [0.05, 0.1) is 0 Å². The van der Waals surface area contributed by atoms with E-state index in [1.807, 2.05) is 18.2 Å². The van der Waals surface area contributed by atoms with E-state index < -0.39 is 0 Å². The second-order valence-electron chi connectivity index (χ2n) is 7.22. The molecule has 2 aliphatic carbocycles. The molecule has 1 aromatic rings. The molecule has 3 aliphatic rings. The summed E-state index contributed by atoms with van der Waals surface area (Å²) in [6, 6.07) is 6.48. The van der Waals surface area contributed by atoms with Crippen molar-refractivity contribution in [3.8, 4) is 11.5 Å². The van der Waals surface area contributed by atoms with Crippen LogP contribution in [0, 0.1) is 5.92 Å². The van der Waals surface area contributed by atoms with E-state index >= 15 is 0 Å². The van der Waals surface area contributed by atoms with E-state index in [1.165, 1.54) is 12.8 Å². The molecule has 0 unspecified atom stereocenters. The Morgan fingerprint density at radius 2 is 1.57 bits per heavy atom. The van der Waals surface area contributed by atoms with Crippen LogP contribution in [0.4, 0.5) is 0 Å². The summed E-state index contributed by atoms with van der Waals surface area (Å²) in [6.45, 7) is 3.45. The number of hydrogen-bond acceptors (Lipinski definition) is 3. The fraction of sp³-hybridized carbons (Fsp3) is 0.632. The summed E-state index contributed by atoms with van der Waals surface area (Å²) >= 11 is 0. The standard InChI is InChI=1S/C19H25NO3/c1-13-2-5-15(6-3-13)20(16-7-8-16)19(21)14-4-9-17-18(12-14)23-11-10-22-17/h4,9,12-13,15-16H,2-3,5-8,10-11H2,1H3. The molecule has 0 spiro atoms. The molecule has 1 aromatic carbocycles. The third kappa shape index (κ3) is 3.04. The Hall–Kier alpha value is -1.71. The molecule has 2 fully saturated rings. The van der Waals surface area contributed by atoms with E-state index in [-0.39, 0.29) is 5.91 Å². The molecule has 124 valence electrons. The van der Waals surface area contributed by atoms with Crippen molar-refractivity contribution >= 4 is 5.91 Å². The number of nitrogens with zero attached hydrogens (tertiary/aromatic N) is 1. The number of carbonyl (C=O) groups excluding carboxylic acids is 1. The van der Waals surface area contributed by atoms with Gasteiger partial charge in [0.1, 0.15) is 13.2 Å². The van der Waals surface area contributed by atoms with Gasteiger partial charge in [-0.25, -0.2) is 0 Å². The van der Waals surface area contributed by atoms with Gasteiger partial charge in [-0.2, -0.15) is 0 Å². The minimum Gasteiger partial charge on any atom is -0.486 e. The maximum Gasteiger partial charge on any atom is 0.254 e. The van der Waals surface area contributed by atoms with Crippen molar-refractivity contribution in [3.05, 3.63) is 23.8 Å². The van der Waals surface area contributed by atoms with Gasteiger partial charge in [0.15, 0.2) is 11.5 Å². The van der Waals surface area contributed by atoms with Crippen molar-refractivity contribution < 1.29 is 14.3 Å². The van der Waals surface area contributed by atoms with E-state index in [4.69, 9.17) is 9.47 Å². The van der Waals surface area contributed by atoms with Crippen molar-refractivity contribution in [2.45, 2.75) is 57.5 Å². The van der Waals surface area contributed by atoms with Gasteiger partial charge in [-0.15, -0.1) is 0 Å². The van der Waals surface area contributed by atoms with Gasteiger partial charge in [0.25, 0.3) is 5.91 Å². The van der Waals surface area contributed by atoms with Gasteiger partial charge in [-0.3, -0.25) is 4.79 Å². The highest BCUT2D eigenvalue weighted by atomic mass is 16.6. The fourth-order valence-corrected chi connectivity index (χ4v) is 3.83. The van der Waals surface area contributed by atoms with Crippen LogP contribution in [0.1, 0.15) is 55.8 Å². The summed E-state index contributed by atoms with van der Waals surface area (Å²) < 4.78 is 11.2. The Balaban J connectivity index is 1.55. The quantitative estimate of drug-likeness (QED) is 0.855. The van der Waals surface area contributed by atoms with Crippen LogP contribution in [-0.4, -0.2) is 36.1 Å². The minimum atomic E-state index is 0.170. The summed E-state index contributed by atoms with van der Waals surface area (Å²) in [5, 5.41) is 0. The Kier molecular flexibility index (Phi) is 3.92. The number of benzene rings is 1. The first-order valence-electron chi connectivity index (χ1n) is 8.94. The maximum absolute atomic E-state index is 13.1. The molecular formula is C19H25NO3. The molecule has 1 aliphatic heterocycles. The molecule has 4 nitrogen and oxygen atoms in total. The van der Waals surface area contributed by atoms with E-state index in [2.05, 4.69) is 11.8 Å². The molecule has 0 N–H and O–H groups in total. The Morgan fingerprint density at radius 1 is 0.957 bits per heavy atom.